The number of nitrogens with one attached hydrogen (secondary N) is 1. The monoisotopic (exact) mass is 393 g/mol. The summed E-state index contributed by atoms with van der Waals surface area (Å²) < 4.78 is 25.2. The second kappa shape index (κ2) is 7.00. The maximum absolute atomic E-state index is 12.1. The van der Waals surface area contributed by atoms with Crippen molar-refractivity contribution in [1.29, 1.82) is 0 Å². The minimum absolute atomic E-state index is 0.0226. The summed E-state index contributed by atoms with van der Waals surface area (Å²) >= 11 is 1.45. The van der Waals surface area contributed by atoms with Crippen molar-refractivity contribution in [2.24, 2.45) is 5.92 Å². The van der Waals surface area contributed by atoms with Crippen LogP contribution in [0.15, 0.2) is 18.2 Å². The number of hydrogen-bond acceptors (Lipinski definition) is 5. The van der Waals surface area contributed by atoms with Crippen LogP contribution >= 0.6 is 11.3 Å². The smallest absolute Gasteiger partial charge is 0.232 e. The lowest BCUT2D eigenvalue weighted by Crippen LogP contribution is -2.27. The van der Waals surface area contributed by atoms with Gasteiger partial charge in [-0.1, -0.05) is 19.9 Å². The summed E-state index contributed by atoms with van der Waals surface area (Å²) in [5.74, 6) is -0.0739. The predicted molar refractivity (Wildman–Crippen MR) is 106 cm³/mol. The van der Waals surface area contributed by atoms with Gasteiger partial charge in [0.1, 0.15) is 0 Å². The van der Waals surface area contributed by atoms with Gasteiger partial charge in [0.05, 0.1) is 17.6 Å². The van der Waals surface area contributed by atoms with Gasteiger partial charge in [0.25, 0.3) is 0 Å². The lowest BCUT2D eigenvalue weighted by molar-refractivity contribution is -0.119. The third-order valence-electron chi connectivity index (χ3n) is 4.69. The fourth-order valence-corrected chi connectivity index (χ4v) is 4.79. The van der Waals surface area contributed by atoms with Gasteiger partial charge in [-0.15, -0.1) is 11.3 Å². The molecule has 2 aromatic rings. The normalized spacial score (nSPS) is 15.0. The Balaban J connectivity index is 1.88. The highest BCUT2D eigenvalue weighted by Crippen LogP contribution is 2.36. The summed E-state index contributed by atoms with van der Waals surface area (Å²) in [6, 6.07) is 5.74. The van der Waals surface area contributed by atoms with Crippen LogP contribution in [0.3, 0.4) is 0 Å². The number of thiazole rings is 1. The molecule has 0 aliphatic carbocycles. The molecule has 1 atom stereocenters. The number of carbonyl (C=O) groups is 1. The Morgan fingerprint density at radius 3 is 2.81 bits per heavy atom. The number of aromatic nitrogens is 1. The Morgan fingerprint density at radius 2 is 2.15 bits per heavy atom. The van der Waals surface area contributed by atoms with Crippen LogP contribution in [-0.4, -0.2) is 32.1 Å². The van der Waals surface area contributed by atoms with E-state index >= 15 is 0 Å². The van der Waals surface area contributed by atoms with Crippen LogP contribution < -0.4 is 9.62 Å². The summed E-state index contributed by atoms with van der Waals surface area (Å²) in [7, 11) is -3.25. The van der Waals surface area contributed by atoms with E-state index in [0.717, 1.165) is 33.8 Å². The van der Waals surface area contributed by atoms with Crippen LogP contribution in [0.25, 0.3) is 11.3 Å². The second-order valence-electron chi connectivity index (χ2n) is 6.65. The quantitative estimate of drug-likeness (QED) is 0.844. The van der Waals surface area contributed by atoms with Gasteiger partial charge in [0.15, 0.2) is 5.13 Å². The molecule has 0 fully saturated rings. The average Bonchev–Trinajstić information content (AvgIpc) is 3.16. The van der Waals surface area contributed by atoms with E-state index in [-0.39, 0.29) is 11.8 Å². The van der Waals surface area contributed by atoms with E-state index in [1.807, 2.05) is 39.0 Å². The third-order valence-corrected chi connectivity index (χ3v) is 6.76. The van der Waals surface area contributed by atoms with E-state index in [2.05, 4.69) is 10.3 Å². The first-order chi connectivity index (χ1) is 12.2. The first kappa shape index (κ1) is 18.8. The number of carbonyl (C=O) groups excluding carboxylic acids is 1. The lowest BCUT2D eigenvalue weighted by Gasteiger charge is -2.16. The fourth-order valence-electron chi connectivity index (χ4n) is 2.99. The molecular formula is C18H23N3O3S2. The molecule has 1 aromatic carbocycles. The minimum atomic E-state index is -3.25. The first-order valence-corrected chi connectivity index (χ1v) is 11.3. The maximum Gasteiger partial charge on any atom is 0.232 e. The topological polar surface area (TPSA) is 79.4 Å². The van der Waals surface area contributed by atoms with E-state index in [0.29, 0.717) is 18.1 Å². The summed E-state index contributed by atoms with van der Waals surface area (Å²) in [6.45, 7) is 6.32. The molecule has 140 valence electrons. The molecule has 1 unspecified atom stereocenters. The Morgan fingerprint density at radius 1 is 1.42 bits per heavy atom. The van der Waals surface area contributed by atoms with Crippen molar-refractivity contribution in [3.8, 4) is 11.3 Å². The summed E-state index contributed by atoms with van der Waals surface area (Å²) in [5.41, 5.74) is 3.52. The number of aryl methyl sites for hydroxylation is 1. The summed E-state index contributed by atoms with van der Waals surface area (Å²) in [5, 5.41) is 3.48. The van der Waals surface area contributed by atoms with Gasteiger partial charge in [0.2, 0.25) is 15.9 Å². The van der Waals surface area contributed by atoms with E-state index in [1.165, 1.54) is 21.9 Å². The molecule has 1 aliphatic rings. The van der Waals surface area contributed by atoms with Crippen molar-refractivity contribution in [2.75, 3.05) is 22.4 Å². The standard InChI is InChI=1S/C18H23N3O3S2/c1-5-11(2)17(22)20-18-19-16(12(3)25-18)14-6-7-15-13(10-14)8-9-21(15)26(4,23)24/h6-7,10-11H,5,8-9H2,1-4H3,(H,19,20,22). The van der Waals surface area contributed by atoms with Gasteiger partial charge >= 0.3 is 0 Å². The van der Waals surface area contributed by atoms with Crippen molar-refractivity contribution in [3.63, 3.8) is 0 Å². The first-order valence-electron chi connectivity index (χ1n) is 8.60. The van der Waals surface area contributed by atoms with Gasteiger partial charge in [-0.3, -0.25) is 9.10 Å². The van der Waals surface area contributed by atoms with E-state index in [4.69, 9.17) is 0 Å². The highest BCUT2D eigenvalue weighted by atomic mass is 32.2. The maximum atomic E-state index is 12.1. The molecule has 0 spiro atoms. The van der Waals surface area contributed by atoms with Gasteiger partial charge in [-0.2, -0.15) is 0 Å². The summed E-state index contributed by atoms with van der Waals surface area (Å²) in [4.78, 5) is 17.7. The molecule has 2 heterocycles. The van der Waals surface area contributed by atoms with Crippen LogP contribution in [-0.2, 0) is 21.2 Å². The largest absolute Gasteiger partial charge is 0.302 e. The number of hydrogen-bond donors (Lipinski definition) is 1. The Labute approximate surface area is 158 Å². The molecule has 26 heavy (non-hydrogen) atoms. The zero-order chi connectivity index (χ0) is 19.1. The predicted octanol–water partition coefficient (Wildman–Crippen LogP) is 3.43. The third kappa shape index (κ3) is 3.61. The minimum Gasteiger partial charge on any atom is -0.302 e. The fraction of sp³-hybridized carbons (Fsp3) is 0.444. The Kier molecular flexibility index (Phi) is 5.07. The van der Waals surface area contributed by atoms with Gasteiger partial charge in [-0.25, -0.2) is 13.4 Å². The van der Waals surface area contributed by atoms with E-state index in [1.54, 1.807) is 0 Å². The second-order valence-corrected chi connectivity index (χ2v) is 9.76. The van der Waals surface area contributed by atoms with Crippen molar-refractivity contribution in [3.05, 3.63) is 28.6 Å². The van der Waals surface area contributed by atoms with Crippen LogP contribution in [0.4, 0.5) is 10.8 Å². The molecular weight excluding hydrogens is 370 g/mol. The molecule has 1 aromatic heterocycles. The van der Waals surface area contributed by atoms with Crippen LogP contribution in [0.1, 0.15) is 30.7 Å². The summed E-state index contributed by atoms with van der Waals surface area (Å²) in [6.07, 6.45) is 2.70. The molecule has 1 N–H and O–H groups in total. The number of nitrogens with zero attached hydrogens (tertiary/aromatic N) is 2. The number of amides is 1. The van der Waals surface area contributed by atoms with E-state index in [9.17, 15) is 13.2 Å². The van der Waals surface area contributed by atoms with Crippen LogP contribution in [0, 0.1) is 12.8 Å². The zero-order valence-electron chi connectivity index (χ0n) is 15.4. The molecule has 0 radical (unpaired) electrons. The molecule has 0 bridgehead atoms. The molecule has 1 amide bonds. The van der Waals surface area contributed by atoms with Crippen molar-refractivity contribution >= 4 is 38.1 Å². The SMILES string of the molecule is CCC(C)C(=O)Nc1nc(-c2ccc3c(c2)CCN3S(C)(=O)=O)c(C)s1. The number of anilines is 2. The van der Waals surface area contributed by atoms with E-state index < -0.39 is 10.0 Å². The molecule has 1 aliphatic heterocycles. The molecule has 0 saturated heterocycles. The Hall–Kier alpha value is -1.93. The lowest BCUT2D eigenvalue weighted by atomic mass is 10.1. The van der Waals surface area contributed by atoms with Gasteiger partial charge < -0.3 is 5.32 Å². The van der Waals surface area contributed by atoms with Gasteiger partial charge in [-0.05, 0) is 37.5 Å². The highest BCUT2D eigenvalue weighted by molar-refractivity contribution is 7.92. The van der Waals surface area contributed by atoms with Gasteiger partial charge in [0, 0.05) is 22.9 Å². The van der Waals surface area contributed by atoms with Crippen molar-refractivity contribution < 1.29 is 13.2 Å². The molecule has 3 rings (SSSR count). The number of rotatable bonds is 5. The van der Waals surface area contributed by atoms with Crippen LogP contribution in [0.5, 0.6) is 0 Å². The Bertz CT molecular complexity index is 951. The molecule has 0 saturated carbocycles. The highest BCUT2D eigenvalue weighted by Gasteiger charge is 2.26. The molecule has 8 heteroatoms. The number of sulfonamides is 1. The average molecular weight is 394 g/mol. The number of fused-ring (bicyclic) bond motifs is 1. The van der Waals surface area contributed by atoms with Crippen molar-refractivity contribution in [2.45, 2.75) is 33.6 Å². The van der Waals surface area contributed by atoms with Crippen molar-refractivity contribution in [1.82, 2.24) is 4.98 Å². The molecule has 6 nitrogen and oxygen atoms in total. The van der Waals surface area contributed by atoms with Crippen LogP contribution in [0.2, 0.25) is 0 Å². The zero-order valence-corrected chi connectivity index (χ0v) is 17.0. The number of benzene rings is 1.